The minimum Gasteiger partial charge on any atom is -0.497 e. The van der Waals surface area contributed by atoms with Gasteiger partial charge in [0.15, 0.2) is 5.96 Å². The molecule has 24 heavy (non-hydrogen) atoms. The number of aliphatic imine (C=N–C) groups is 1. The van der Waals surface area contributed by atoms with Gasteiger partial charge in [-0.1, -0.05) is 30.3 Å². The molecule has 3 rings (SSSR count). The van der Waals surface area contributed by atoms with Crippen molar-refractivity contribution in [1.29, 1.82) is 0 Å². The van der Waals surface area contributed by atoms with E-state index in [1.165, 1.54) is 11.3 Å². The number of anilines is 1. The van der Waals surface area contributed by atoms with Gasteiger partial charge in [0.25, 0.3) is 0 Å². The summed E-state index contributed by atoms with van der Waals surface area (Å²) in [5.41, 5.74) is 3.36. The topological polar surface area (TPSA) is 57.1 Å². The van der Waals surface area contributed by atoms with Crippen LogP contribution < -0.4 is 15.0 Å². The van der Waals surface area contributed by atoms with Crippen LogP contribution in [0, 0.1) is 0 Å². The monoisotopic (exact) mass is 325 g/mol. The second kappa shape index (κ2) is 7.36. The summed E-state index contributed by atoms with van der Waals surface area (Å²) >= 11 is 0. The summed E-state index contributed by atoms with van der Waals surface area (Å²) in [5.74, 6) is 1.57. The van der Waals surface area contributed by atoms with Crippen LogP contribution >= 0.6 is 0 Å². The molecule has 0 saturated carbocycles. The largest absolute Gasteiger partial charge is 0.497 e. The molecular weight excluding hydrogens is 302 g/mol. The minimum atomic E-state index is -0.606. The van der Waals surface area contributed by atoms with E-state index in [2.05, 4.69) is 33.4 Å². The quantitative estimate of drug-likeness (QED) is 0.669. The zero-order chi connectivity index (χ0) is 16.9. The minimum absolute atomic E-state index is 0.400. The molecule has 0 aromatic heterocycles. The molecule has 0 amide bonds. The molecule has 1 heterocycles. The van der Waals surface area contributed by atoms with E-state index in [0.29, 0.717) is 6.54 Å². The Morgan fingerprint density at radius 2 is 2.00 bits per heavy atom. The van der Waals surface area contributed by atoms with Crippen molar-refractivity contribution in [3.63, 3.8) is 0 Å². The van der Waals surface area contributed by atoms with Crippen molar-refractivity contribution in [3.05, 3.63) is 59.7 Å². The van der Waals surface area contributed by atoms with E-state index in [4.69, 9.17) is 4.74 Å². The highest BCUT2D eigenvalue weighted by Gasteiger charge is 2.22. The molecule has 0 radical (unpaired) electrons. The highest BCUT2D eigenvalue weighted by molar-refractivity contribution is 5.97. The SMILES string of the molecule is CN=C(NCC(O)c1ccc(OC)cc1)N1CCc2ccccc21. The number of rotatable bonds is 4. The van der Waals surface area contributed by atoms with Gasteiger partial charge in [-0.2, -0.15) is 0 Å². The third-order valence-corrected chi connectivity index (χ3v) is 4.31. The van der Waals surface area contributed by atoms with Crippen molar-refractivity contribution in [3.8, 4) is 5.75 Å². The fourth-order valence-corrected chi connectivity index (χ4v) is 2.99. The number of aliphatic hydroxyl groups is 1. The number of nitrogens with zero attached hydrogens (tertiary/aromatic N) is 2. The van der Waals surface area contributed by atoms with Crippen LogP contribution in [-0.2, 0) is 6.42 Å². The summed E-state index contributed by atoms with van der Waals surface area (Å²) in [4.78, 5) is 6.53. The molecule has 0 fully saturated rings. The first-order valence-electron chi connectivity index (χ1n) is 8.11. The van der Waals surface area contributed by atoms with E-state index in [-0.39, 0.29) is 0 Å². The van der Waals surface area contributed by atoms with Crippen LogP contribution in [0.4, 0.5) is 5.69 Å². The van der Waals surface area contributed by atoms with Crippen molar-refractivity contribution in [1.82, 2.24) is 5.32 Å². The van der Waals surface area contributed by atoms with Gasteiger partial charge in [0.05, 0.1) is 13.2 Å². The third-order valence-electron chi connectivity index (χ3n) is 4.31. The molecule has 126 valence electrons. The van der Waals surface area contributed by atoms with Crippen LogP contribution in [-0.4, -0.2) is 38.3 Å². The molecule has 0 saturated heterocycles. The van der Waals surface area contributed by atoms with Crippen molar-refractivity contribution in [2.45, 2.75) is 12.5 Å². The van der Waals surface area contributed by atoms with E-state index in [1.54, 1.807) is 14.2 Å². The predicted molar refractivity (Wildman–Crippen MR) is 96.8 cm³/mol. The standard InChI is InChI=1S/C19H23N3O2/c1-20-19(22-12-11-14-5-3-4-6-17(14)22)21-13-18(23)15-7-9-16(24-2)10-8-15/h3-10,18,23H,11-13H2,1-2H3,(H,20,21). The molecule has 2 aromatic carbocycles. The maximum atomic E-state index is 10.4. The second-order valence-electron chi connectivity index (χ2n) is 5.75. The van der Waals surface area contributed by atoms with Gasteiger partial charge in [-0.15, -0.1) is 0 Å². The fourth-order valence-electron chi connectivity index (χ4n) is 2.99. The lowest BCUT2D eigenvalue weighted by Gasteiger charge is -2.23. The van der Waals surface area contributed by atoms with E-state index in [0.717, 1.165) is 30.2 Å². The lowest BCUT2D eigenvalue weighted by atomic mass is 10.1. The van der Waals surface area contributed by atoms with Crippen molar-refractivity contribution < 1.29 is 9.84 Å². The third kappa shape index (κ3) is 3.36. The smallest absolute Gasteiger partial charge is 0.198 e. The van der Waals surface area contributed by atoms with Gasteiger partial charge in [0, 0.05) is 25.8 Å². The Balaban J connectivity index is 1.64. The van der Waals surface area contributed by atoms with Gasteiger partial charge in [0.2, 0.25) is 0 Å². The number of benzene rings is 2. The van der Waals surface area contributed by atoms with Gasteiger partial charge in [-0.05, 0) is 35.7 Å². The van der Waals surface area contributed by atoms with Crippen LogP contribution in [0.5, 0.6) is 5.75 Å². The van der Waals surface area contributed by atoms with Gasteiger partial charge < -0.3 is 20.1 Å². The number of aliphatic hydroxyl groups excluding tert-OH is 1. The normalized spacial score (nSPS) is 15.1. The maximum absolute atomic E-state index is 10.4. The number of hydrogen-bond acceptors (Lipinski definition) is 3. The van der Waals surface area contributed by atoms with E-state index >= 15 is 0 Å². The summed E-state index contributed by atoms with van der Waals surface area (Å²) in [6, 6.07) is 15.8. The lowest BCUT2D eigenvalue weighted by Crippen LogP contribution is -2.42. The number of para-hydroxylation sites is 1. The summed E-state index contributed by atoms with van der Waals surface area (Å²) in [6.07, 6.45) is 0.406. The average Bonchev–Trinajstić information content (AvgIpc) is 3.06. The predicted octanol–water partition coefficient (Wildman–Crippen LogP) is 2.37. The number of guanidine groups is 1. The van der Waals surface area contributed by atoms with Crippen LogP contribution in [0.3, 0.4) is 0 Å². The number of nitrogens with one attached hydrogen (secondary N) is 1. The molecule has 2 aromatic rings. The van der Waals surface area contributed by atoms with Gasteiger partial charge in [0.1, 0.15) is 5.75 Å². The van der Waals surface area contributed by atoms with Crippen LogP contribution in [0.15, 0.2) is 53.5 Å². The average molecular weight is 325 g/mol. The molecule has 2 N–H and O–H groups in total. The molecule has 1 aliphatic rings. The number of hydrogen-bond donors (Lipinski definition) is 2. The first kappa shape index (κ1) is 16.3. The molecule has 1 aliphatic heterocycles. The first-order valence-corrected chi connectivity index (χ1v) is 8.11. The fraction of sp³-hybridized carbons (Fsp3) is 0.316. The van der Waals surface area contributed by atoms with Crippen LogP contribution in [0.2, 0.25) is 0 Å². The molecule has 1 unspecified atom stereocenters. The summed E-state index contributed by atoms with van der Waals surface area (Å²) in [7, 11) is 3.40. The van der Waals surface area contributed by atoms with Gasteiger partial charge in [-0.25, -0.2) is 0 Å². The summed E-state index contributed by atoms with van der Waals surface area (Å²) < 4.78 is 5.14. The molecule has 0 bridgehead atoms. The molecular formula is C19H23N3O2. The zero-order valence-corrected chi connectivity index (χ0v) is 14.1. The second-order valence-corrected chi connectivity index (χ2v) is 5.75. The molecule has 5 heteroatoms. The molecule has 0 aliphatic carbocycles. The zero-order valence-electron chi connectivity index (χ0n) is 14.1. The van der Waals surface area contributed by atoms with Gasteiger partial charge >= 0.3 is 0 Å². The number of fused-ring (bicyclic) bond motifs is 1. The Morgan fingerprint density at radius 3 is 2.71 bits per heavy atom. The van der Waals surface area contributed by atoms with Crippen molar-refractivity contribution in [2.75, 3.05) is 32.1 Å². The van der Waals surface area contributed by atoms with Crippen molar-refractivity contribution in [2.24, 2.45) is 4.99 Å². The van der Waals surface area contributed by atoms with Crippen molar-refractivity contribution >= 4 is 11.6 Å². The van der Waals surface area contributed by atoms with Gasteiger partial charge in [-0.3, -0.25) is 4.99 Å². The Morgan fingerprint density at radius 1 is 1.25 bits per heavy atom. The van der Waals surface area contributed by atoms with Crippen LogP contribution in [0.25, 0.3) is 0 Å². The lowest BCUT2D eigenvalue weighted by molar-refractivity contribution is 0.181. The Labute approximate surface area is 142 Å². The number of ether oxygens (including phenoxy) is 1. The first-order chi connectivity index (χ1) is 11.7. The summed E-state index contributed by atoms with van der Waals surface area (Å²) in [6.45, 7) is 1.30. The molecule has 1 atom stereocenters. The highest BCUT2D eigenvalue weighted by atomic mass is 16.5. The highest BCUT2D eigenvalue weighted by Crippen LogP contribution is 2.27. The number of methoxy groups -OCH3 is 1. The molecule has 0 spiro atoms. The van der Waals surface area contributed by atoms with E-state index in [1.807, 2.05) is 30.3 Å². The Bertz CT molecular complexity index is 713. The summed E-state index contributed by atoms with van der Waals surface area (Å²) in [5, 5.41) is 13.7. The van der Waals surface area contributed by atoms with E-state index in [9.17, 15) is 5.11 Å². The Kier molecular flexibility index (Phi) is 5.01. The van der Waals surface area contributed by atoms with Crippen LogP contribution in [0.1, 0.15) is 17.2 Å². The molecule has 5 nitrogen and oxygen atoms in total. The Hall–Kier alpha value is -2.53. The maximum Gasteiger partial charge on any atom is 0.198 e. The van der Waals surface area contributed by atoms with E-state index < -0.39 is 6.10 Å².